The van der Waals surface area contributed by atoms with E-state index >= 15 is 0 Å². The van der Waals surface area contributed by atoms with Gasteiger partial charge in [-0.25, -0.2) is 0 Å². The number of nitrogens with one attached hydrogen (secondary N) is 2. The van der Waals surface area contributed by atoms with Gasteiger partial charge in [-0.05, 0) is 60.8 Å². The van der Waals surface area contributed by atoms with E-state index in [0.717, 1.165) is 11.1 Å². The number of aryl methyl sites for hydroxylation is 1. The summed E-state index contributed by atoms with van der Waals surface area (Å²) in [6, 6.07) is 16.6. The summed E-state index contributed by atoms with van der Waals surface area (Å²) in [4.78, 5) is 41.6. The summed E-state index contributed by atoms with van der Waals surface area (Å²) >= 11 is 12.5. The zero-order chi connectivity index (χ0) is 27.6. The number of nitrogens with zero attached hydrogens (tertiary/aromatic N) is 1. The fraction of sp³-hybridized carbons (Fsp3) is 0.276. The highest BCUT2D eigenvalue weighted by atomic mass is 35.5. The lowest BCUT2D eigenvalue weighted by Crippen LogP contribution is -2.38. The monoisotopic (exact) mass is 552 g/mol. The van der Waals surface area contributed by atoms with Crippen LogP contribution in [0.5, 0.6) is 0 Å². The van der Waals surface area contributed by atoms with Crippen LogP contribution in [0.1, 0.15) is 58.2 Å². The largest absolute Gasteiger partial charge is 0.351 e. The smallest absolute Gasteiger partial charge is 0.260 e. The molecule has 1 aliphatic rings. The predicted molar refractivity (Wildman–Crippen MR) is 152 cm³/mol. The van der Waals surface area contributed by atoms with Crippen molar-refractivity contribution in [2.24, 2.45) is 11.1 Å². The van der Waals surface area contributed by atoms with E-state index in [1.807, 2.05) is 45.0 Å². The highest BCUT2D eigenvalue weighted by Gasteiger charge is 2.35. The molecule has 7 nitrogen and oxygen atoms in total. The van der Waals surface area contributed by atoms with Gasteiger partial charge in [0.2, 0.25) is 5.91 Å². The molecule has 0 saturated carbocycles. The van der Waals surface area contributed by atoms with Crippen molar-refractivity contribution in [2.75, 3.05) is 23.3 Å². The fourth-order valence-corrected chi connectivity index (χ4v) is 4.71. The maximum absolute atomic E-state index is 14.0. The second-order valence-electron chi connectivity index (χ2n) is 10.3. The summed E-state index contributed by atoms with van der Waals surface area (Å²) in [6.07, 6.45) is 0.0148. The highest BCUT2D eigenvalue weighted by molar-refractivity contribution is 6.37. The van der Waals surface area contributed by atoms with Crippen LogP contribution in [-0.2, 0) is 4.79 Å². The second kappa shape index (κ2) is 11.2. The van der Waals surface area contributed by atoms with Gasteiger partial charge in [0.15, 0.2) is 0 Å². The number of fused-ring (bicyclic) bond motifs is 1. The number of rotatable bonds is 6. The number of nitrogens with two attached hydrogens (primary N) is 1. The third-order valence-electron chi connectivity index (χ3n) is 6.61. The maximum Gasteiger partial charge on any atom is 0.260 e. The van der Waals surface area contributed by atoms with E-state index in [1.54, 1.807) is 35.2 Å². The van der Waals surface area contributed by atoms with Crippen LogP contribution in [0.15, 0.2) is 60.7 Å². The Labute approximate surface area is 232 Å². The van der Waals surface area contributed by atoms with Crippen molar-refractivity contribution < 1.29 is 14.4 Å². The Morgan fingerprint density at radius 3 is 2.45 bits per heavy atom. The molecule has 0 aliphatic carbocycles. The molecule has 0 aromatic heterocycles. The van der Waals surface area contributed by atoms with Gasteiger partial charge in [-0.2, -0.15) is 0 Å². The molecule has 3 aromatic rings. The zero-order valence-electron chi connectivity index (χ0n) is 21.5. The Morgan fingerprint density at radius 2 is 1.79 bits per heavy atom. The fourth-order valence-electron chi connectivity index (χ4n) is 4.22. The van der Waals surface area contributed by atoms with E-state index in [0.29, 0.717) is 35.1 Å². The van der Waals surface area contributed by atoms with Crippen LogP contribution in [0.4, 0.5) is 11.4 Å². The van der Waals surface area contributed by atoms with Crippen LogP contribution in [-0.4, -0.2) is 30.8 Å². The average Bonchev–Trinajstić information content (AvgIpc) is 3.02. The molecule has 9 heteroatoms. The lowest BCUT2D eigenvalue weighted by Gasteiger charge is -2.31. The van der Waals surface area contributed by atoms with E-state index in [1.165, 1.54) is 6.07 Å². The molecule has 38 heavy (non-hydrogen) atoms. The first-order valence-corrected chi connectivity index (χ1v) is 13.0. The van der Waals surface area contributed by atoms with Crippen molar-refractivity contribution in [3.8, 4) is 0 Å². The molecule has 0 fully saturated rings. The van der Waals surface area contributed by atoms with E-state index in [4.69, 9.17) is 28.9 Å². The van der Waals surface area contributed by atoms with Crippen LogP contribution in [0.2, 0.25) is 10.0 Å². The van der Waals surface area contributed by atoms with Crippen LogP contribution >= 0.6 is 23.2 Å². The van der Waals surface area contributed by atoms with Gasteiger partial charge in [0.1, 0.15) is 0 Å². The molecule has 1 aliphatic heterocycles. The van der Waals surface area contributed by atoms with Crippen LogP contribution < -0.4 is 21.3 Å². The molecule has 198 valence electrons. The molecular formula is C29H30Cl2N4O3. The summed E-state index contributed by atoms with van der Waals surface area (Å²) in [5.41, 5.74) is 8.77. The van der Waals surface area contributed by atoms with Gasteiger partial charge in [-0.3, -0.25) is 19.3 Å². The molecule has 1 heterocycles. The molecule has 4 N–H and O–H groups in total. The van der Waals surface area contributed by atoms with Crippen molar-refractivity contribution >= 4 is 52.3 Å². The molecule has 0 radical (unpaired) electrons. The summed E-state index contributed by atoms with van der Waals surface area (Å²) < 4.78 is 0. The van der Waals surface area contributed by atoms with E-state index in [9.17, 15) is 14.4 Å². The van der Waals surface area contributed by atoms with Gasteiger partial charge in [-0.1, -0.05) is 66.9 Å². The molecule has 1 unspecified atom stereocenters. The van der Waals surface area contributed by atoms with Crippen molar-refractivity contribution in [2.45, 2.75) is 33.2 Å². The number of carbonyl (C=O) groups is 3. The lowest BCUT2D eigenvalue weighted by atomic mass is 9.94. The van der Waals surface area contributed by atoms with Gasteiger partial charge >= 0.3 is 0 Å². The van der Waals surface area contributed by atoms with Gasteiger partial charge in [0.05, 0.1) is 34.4 Å². The zero-order valence-corrected chi connectivity index (χ0v) is 23.0. The number of hydrogen-bond donors (Lipinski definition) is 3. The lowest BCUT2D eigenvalue weighted by molar-refractivity contribution is -0.116. The van der Waals surface area contributed by atoms with Crippen molar-refractivity contribution in [3.63, 3.8) is 0 Å². The first-order valence-electron chi connectivity index (χ1n) is 12.3. The Bertz CT molecular complexity index is 1390. The molecule has 0 bridgehead atoms. The highest BCUT2D eigenvalue weighted by Crippen LogP contribution is 2.40. The number of anilines is 2. The molecule has 1 atom stereocenters. The summed E-state index contributed by atoms with van der Waals surface area (Å²) in [5.74, 6) is -0.977. The first-order chi connectivity index (χ1) is 18.0. The second-order valence-corrected chi connectivity index (χ2v) is 11.1. The number of benzene rings is 3. The van der Waals surface area contributed by atoms with E-state index in [2.05, 4.69) is 10.6 Å². The summed E-state index contributed by atoms with van der Waals surface area (Å²) in [6.45, 7) is 6.69. The Hall–Kier alpha value is -3.39. The van der Waals surface area contributed by atoms with E-state index in [-0.39, 0.29) is 34.2 Å². The Kier molecular flexibility index (Phi) is 8.11. The minimum Gasteiger partial charge on any atom is -0.351 e. The maximum atomic E-state index is 14.0. The number of hydrogen-bond acceptors (Lipinski definition) is 4. The molecule has 0 saturated heterocycles. The average molecular weight is 553 g/mol. The minimum atomic E-state index is -0.610. The van der Waals surface area contributed by atoms with Crippen LogP contribution in [0.25, 0.3) is 0 Å². The van der Waals surface area contributed by atoms with Gasteiger partial charge in [0, 0.05) is 17.1 Å². The quantitative estimate of drug-likeness (QED) is 0.362. The van der Waals surface area contributed by atoms with Crippen molar-refractivity contribution in [1.82, 2.24) is 5.32 Å². The van der Waals surface area contributed by atoms with Gasteiger partial charge in [-0.15, -0.1) is 0 Å². The number of halogens is 2. The molecule has 0 spiro atoms. The van der Waals surface area contributed by atoms with Gasteiger partial charge < -0.3 is 16.4 Å². The normalized spacial score (nSPS) is 15.4. The SMILES string of the molecule is Cc1ccc(C2CC(=O)Nc3cc(C(=O)NCC(C)(C)CN)ccc3N2C(=O)c2ccc(Cl)cc2Cl)cc1. The molecule has 3 amide bonds. The van der Waals surface area contributed by atoms with Gasteiger partial charge in [0.25, 0.3) is 11.8 Å². The molecule has 4 rings (SSSR count). The molecular weight excluding hydrogens is 523 g/mol. The standard InChI is InChI=1S/C29H30Cl2N4O3/c1-17-4-6-18(7-5-17)25-14-26(36)34-23-12-19(27(37)33-16-29(2,3)15-32)8-11-24(23)35(25)28(38)21-10-9-20(30)13-22(21)31/h4-13,25H,14-16,32H2,1-3H3,(H,33,37)(H,34,36). The Morgan fingerprint density at radius 1 is 1.08 bits per heavy atom. The summed E-state index contributed by atoms with van der Waals surface area (Å²) in [5, 5.41) is 6.39. The van der Waals surface area contributed by atoms with Crippen LogP contribution in [0.3, 0.4) is 0 Å². The molecule has 3 aromatic carbocycles. The minimum absolute atomic E-state index is 0.0148. The third-order valence-corrected chi connectivity index (χ3v) is 7.15. The predicted octanol–water partition coefficient (Wildman–Crippen LogP) is 5.75. The number of carbonyl (C=O) groups excluding carboxylic acids is 3. The van der Waals surface area contributed by atoms with Crippen molar-refractivity contribution in [1.29, 1.82) is 0 Å². The Balaban J connectivity index is 1.80. The summed E-state index contributed by atoms with van der Waals surface area (Å²) in [7, 11) is 0. The van der Waals surface area contributed by atoms with Crippen LogP contribution in [0, 0.1) is 12.3 Å². The van der Waals surface area contributed by atoms with E-state index < -0.39 is 11.9 Å². The first kappa shape index (κ1) is 27.6. The van der Waals surface area contributed by atoms with Crippen molar-refractivity contribution in [3.05, 3.63) is 93.0 Å². The topological polar surface area (TPSA) is 105 Å². The third kappa shape index (κ3) is 6.01. The number of amides is 3.